The fourth-order valence-corrected chi connectivity index (χ4v) is 1.54. The van der Waals surface area contributed by atoms with Crippen LogP contribution >= 0.6 is 0 Å². The topological polar surface area (TPSA) is 38.7 Å². The van der Waals surface area contributed by atoms with Gasteiger partial charge in [0.15, 0.2) is 0 Å². The number of hydrogen-bond acceptors (Lipinski definition) is 3. The minimum Gasteiger partial charge on any atom is -0.334 e. The van der Waals surface area contributed by atoms with Gasteiger partial charge in [-0.25, -0.2) is 0 Å². The predicted molar refractivity (Wildman–Crippen MR) is 84.3 cm³/mol. The second-order valence-corrected chi connectivity index (χ2v) is 3.42. The predicted octanol–water partition coefficient (Wildman–Crippen LogP) is 4.54. The second-order valence-electron chi connectivity index (χ2n) is 3.42. The molecule has 0 N–H and O–H groups in total. The summed E-state index contributed by atoms with van der Waals surface area (Å²) in [7, 11) is 0. The molecule has 3 rings (SSSR count). The molecule has 107 valence electrons. The maximum Gasteiger partial charge on any atom is 0.0758 e. The molecule has 0 bridgehead atoms. The molecule has 2 heterocycles. The molecule has 0 unspecified atom stereocenters. The Morgan fingerprint density at radius 1 is 0.905 bits per heavy atom. The van der Waals surface area contributed by atoms with E-state index in [1.54, 1.807) is 12.4 Å². The Labute approximate surface area is 152 Å². The minimum atomic E-state index is 0. The van der Waals surface area contributed by atoms with Gasteiger partial charge in [0.05, 0.1) is 5.82 Å². The molecule has 3 aromatic rings. The smallest absolute Gasteiger partial charge is 0.0758 e. The summed E-state index contributed by atoms with van der Waals surface area (Å²) in [5.74, 6) is 0.659. The number of aromatic nitrogens is 3. The first-order valence-corrected chi connectivity index (χ1v) is 6.98. The molecular formula is C17H20N3Y-. The number of para-hydroxylation sites is 1. The molecule has 0 fully saturated rings. The zero-order chi connectivity index (χ0) is 14.8. The van der Waals surface area contributed by atoms with Gasteiger partial charge in [-0.3, -0.25) is 4.98 Å². The molecule has 3 nitrogen and oxygen atoms in total. The molecule has 1 radical (unpaired) electrons. The van der Waals surface area contributed by atoms with Crippen LogP contribution in [0.2, 0.25) is 0 Å². The van der Waals surface area contributed by atoms with Crippen LogP contribution in [0.4, 0.5) is 0 Å². The van der Waals surface area contributed by atoms with Crippen LogP contribution in [-0.2, 0) is 32.7 Å². The number of nitrogens with zero attached hydrogens (tertiary/aromatic N) is 3. The third-order valence-corrected chi connectivity index (χ3v) is 2.33. The van der Waals surface area contributed by atoms with Gasteiger partial charge in [-0.05, 0) is 23.3 Å². The van der Waals surface area contributed by atoms with E-state index in [1.807, 2.05) is 64.1 Å². The van der Waals surface area contributed by atoms with Gasteiger partial charge in [-0.1, -0.05) is 45.9 Å². The molecule has 0 aliphatic heterocycles. The fourth-order valence-electron chi connectivity index (χ4n) is 1.54. The fraction of sp³-hybridized carbons (Fsp3) is 0.235. The average Bonchev–Trinajstić information content (AvgIpc) is 2.59. The van der Waals surface area contributed by atoms with Crippen LogP contribution < -0.4 is 0 Å². The van der Waals surface area contributed by atoms with Gasteiger partial charge in [0.1, 0.15) is 0 Å². The van der Waals surface area contributed by atoms with Gasteiger partial charge in [0.2, 0.25) is 0 Å². The number of fused-ring (bicyclic) bond motifs is 1. The number of hydrogen-bond donors (Lipinski definition) is 0. The molecule has 0 spiro atoms. The van der Waals surface area contributed by atoms with Gasteiger partial charge >= 0.3 is 0 Å². The SMILES string of the molecule is CC.CC.[Y].[c-]1nc(-c2cccnc2)nc2ccccc12. The van der Waals surface area contributed by atoms with E-state index >= 15 is 0 Å². The third-order valence-electron chi connectivity index (χ3n) is 2.33. The Hall–Kier alpha value is -1.19. The van der Waals surface area contributed by atoms with Crippen molar-refractivity contribution in [3.63, 3.8) is 0 Å². The molecule has 21 heavy (non-hydrogen) atoms. The van der Waals surface area contributed by atoms with Crippen LogP contribution in [-0.4, -0.2) is 15.0 Å². The molecule has 2 aromatic heterocycles. The van der Waals surface area contributed by atoms with Gasteiger partial charge in [-0.15, -0.1) is 17.5 Å². The largest absolute Gasteiger partial charge is 0.334 e. The molecule has 4 heteroatoms. The summed E-state index contributed by atoms with van der Waals surface area (Å²) in [6.07, 6.45) is 6.46. The zero-order valence-corrected chi connectivity index (χ0v) is 15.9. The van der Waals surface area contributed by atoms with E-state index in [0.29, 0.717) is 5.82 Å². The Bertz CT molecular complexity index is 627. The molecule has 0 amide bonds. The number of rotatable bonds is 1. The van der Waals surface area contributed by atoms with E-state index in [2.05, 4.69) is 21.1 Å². The Morgan fingerprint density at radius 2 is 1.62 bits per heavy atom. The van der Waals surface area contributed by atoms with E-state index in [-0.39, 0.29) is 32.7 Å². The van der Waals surface area contributed by atoms with E-state index < -0.39 is 0 Å². The number of pyridine rings is 1. The summed E-state index contributed by atoms with van der Waals surface area (Å²) in [6, 6.07) is 11.6. The van der Waals surface area contributed by atoms with Crippen molar-refractivity contribution in [1.82, 2.24) is 15.0 Å². The van der Waals surface area contributed by atoms with E-state index in [9.17, 15) is 0 Å². The van der Waals surface area contributed by atoms with Crippen molar-refractivity contribution >= 4 is 10.9 Å². The van der Waals surface area contributed by atoms with Crippen molar-refractivity contribution in [2.75, 3.05) is 0 Å². The van der Waals surface area contributed by atoms with Gasteiger partial charge in [-0.2, -0.15) is 0 Å². The van der Waals surface area contributed by atoms with E-state index in [1.165, 1.54) is 0 Å². The van der Waals surface area contributed by atoms with Crippen molar-refractivity contribution in [3.8, 4) is 11.4 Å². The quantitative estimate of drug-likeness (QED) is 0.602. The maximum absolute atomic E-state index is 4.46. The second kappa shape index (κ2) is 11.5. The van der Waals surface area contributed by atoms with Crippen molar-refractivity contribution in [2.24, 2.45) is 0 Å². The van der Waals surface area contributed by atoms with Gasteiger partial charge < -0.3 is 9.97 Å². The minimum absolute atomic E-state index is 0. The van der Waals surface area contributed by atoms with Crippen LogP contribution in [0, 0.1) is 6.20 Å². The normalized spacial score (nSPS) is 8.57. The summed E-state index contributed by atoms with van der Waals surface area (Å²) in [5.41, 5.74) is 1.81. The van der Waals surface area contributed by atoms with E-state index in [4.69, 9.17) is 0 Å². The first-order chi connectivity index (χ1) is 9.93. The first kappa shape index (κ1) is 19.8. The third kappa shape index (κ3) is 5.60. The molecule has 0 saturated carbocycles. The summed E-state index contributed by atoms with van der Waals surface area (Å²) in [4.78, 5) is 12.7. The van der Waals surface area contributed by atoms with Gasteiger partial charge in [0.25, 0.3) is 0 Å². The molecule has 1 aromatic carbocycles. The summed E-state index contributed by atoms with van der Waals surface area (Å²) < 4.78 is 0. The average molecular weight is 355 g/mol. The van der Waals surface area contributed by atoms with Crippen LogP contribution in [0.25, 0.3) is 22.3 Å². The Morgan fingerprint density at radius 3 is 2.29 bits per heavy atom. The van der Waals surface area contributed by atoms with Crippen LogP contribution in [0.5, 0.6) is 0 Å². The first-order valence-electron chi connectivity index (χ1n) is 6.98. The number of benzene rings is 1. The van der Waals surface area contributed by atoms with Crippen LogP contribution in [0.15, 0.2) is 48.8 Å². The molecule has 0 aliphatic rings. The van der Waals surface area contributed by atoms with Crippen molar-refractivity contribution < 1.29 is 32.7 Å². The van der Waals surface area contributed by atoms with Gasteiger partial charge in [0, 0.05) is 45.1 Å². The van der Waals surface area contributed by atoms with Crippen molar-refractivity contribution in [2.45, 2.75) is 27.7 Å². The summed E-state index contributed by atoms with van der Waals surface area (Å²) in [6.45, 7) is 8.00. The molecular weight excluding hydrogens is 335 g/mol. The Kier molecular flexibility index (Phi) is 10.8. The zero-order valence-electron chi connectivity index (χ0n) is 13.0. The maximum atomic E-state index is 4.46. The molecule has 0 aliphatic carbocycles. The van der Waals surface area contributed by atoms with Crippen LogP contribution in [0.1, 0.15) is 27.7 Å². The monoisotopic (exact) mass is 355 g/mol. The van der Waals surface area contributed by atoms with Crippen LogP contribution in [0.3, 0.4) is 0 Å². The molecule has 0 saturated heterocycles. The Balaban J connectivity index is 0.000000741. The molecule has 0 atom stereocenters. The van der Waals surface area contributed by atoms with Crippen molar-refractivity contribution in [3.05, 3.63) is 55.0 Å². The van der Waals surface area contributed by atoms with E-state index in [0.717, 1.165) is 16.5 Å². The van der Waals surface area contributed by atoms with Crippen molar-refractivity contribution in [1.29, 1.82) is 0 Å². The standard InChI is InChI=1S/C13H8N3.2C2H6.Y/c1-2-6-12-10(4-1)9-15-13(16-12)11-5-3-7-14-8-11;2*1-2;/h1-8H;2*1-2H3;/q-1;;;. The summed E-state index contributed by atoms with van der Waals surface area (Å²) >= 11 is 0. The summed E-state index contributed by atoms with van der Waals surface area (Å²) in [5, 5.41) is 0.926.